The van der Waals surface area contributed by atoms with Gasteiger partial charge >= 0.3 is 12.1 Å². The van der Waals surface area contributed by atoms with E-state index >= 15 is 0 Å². The van der Waals surface area contributed by atoms with Crippen molar-refractivity contribution in [3.63, 3.8) is 0 Å². The van der Waals surface area contributed by atoms with Crippen LogP contribution in [0.25, 0.3) is 0 Å². The van der Waals surface area contributed by atoms with E-state index in [2.05, 4.69) is 18.2 Å². The van der Waals surface area contributed by atoms with E-state index in [-0.39, 0.29) is 5.92 Å². The molecule has 26 heavy (non-hydrogen) atoms. The minimum Gasteiger partial charge on any atom is -0.449 e. The average Bonchev–Trinajstić information content (AvgIpc) is 2.60. The molecule has 0 rings (SSSR count). The maximum Gasteiger partial charge on any atom is 0.513 e. The van der Waals surface area contributed by atoms with Crippen LogP contribution in [-0.2, 0) is 9.53 Å². The Hall–Kier alpha value is -1.32. The van der Waals surface area contributed by atoms with Crippen molar-refractivity contribution < 1.29 is 19.4 Å². The summed E-state index contributed by atoms with van der Waals surface area (Å²) < 4.78 is 4.26. The second-order valence-corrected chi connectivity index (χ2v) is 7.29. The highest BCUT2D eigenvalue weighted by atomic mass is 16.7. The van der Waals surface area contributed by atoms with Gasteiger partial charge in [-0.1, -0.05) is 103 Å². The molecule has 152 valence electrons. The van der Waals surface area contributed by atoms with Gasteiger partial charge in [0.1, 0.15) is 0 Å². The largest absolute Gasteiger partial charge is 0.513 e. The fourth-order valence-corrected chi connectivity index (χ4v) is 3.29. The first-order valence-corrected chi connectivity index (χ1v) is 10.7. The number of allylic oxidation sites excluding steroid dienone is 1. The maximum absolute atomic E-state index is 11.7. The molecule has 4 nitrogen and oxygen atoms in total. The Bertz CT molecular complexity index is 365. The Labute approximate surface area is 160 Å². The summed E-state index contributed by atoms with van der Waals surface area (Å²) in [5.74, 6) is -1.02. The predicted molar refractivity (Wildman–Crippen MR) is 107 cm³/mol. The standard InChI is InChI=1S/C22H40O4/c1-3-5-6-7-8-9-10-11-12-13-14-15-16-17-19-20(18-4-2)21(23)26-22(24)25/h4,20H,2-3,5-19H2,1H3,(H,24,25). The van der Waals surface area contributed by atoms with E-state index in [9.17, 15) is 9.59 Å². The summed E-state index contributed by atoms with van der Waals surface area (Å²) in [6, 6.07) is 0. The van der Waals surface area contributed by atoms with Gasteiger partial charge in [0, 0.05) is 0 Å². The van der Waals surface area contributed by atoms with Crippen LogP contribution in [0.15, 0.2) is 12.7 Å². The molecule has 0 amide bonds. The lowest BCUT2D eigenvalue weighted by molar-refractivity contribution is -0.143. The van der Waals surface area contributed by atoms with Crippen LogP contribution in [-0.4, -0.2) is 17.2 Å². The minimum atomic E-state index is -1.52. The zero-order chi connectivity index (χ0) is 19.5. The number of hydrogen-bond acceptors (Lipinski definition) is 3. The lowest BCUT2D eigenvalue weighted by Gasteiger charge is -2.11. The van der Waals surface area contributed by atoms with Crippen molar-refractivity contribution >= 4 is 12.1 Å². The number of rotatable bonds is 18. The van der Waals surface area contributed by atoms with Gasteiger partial charge in [0.15, 0.2) is 0 Å². The molecule has 0 fully saturated rings. The van der Waals surface area contributed by atoms with Gasteiger partial charge in [0.25, 0.3) is 0 Å². The summed E-state index contributed by atoms with van der Waals surface area (Å²) in [5, 5.41) is 8.53. The van der Waals surface area contributed by atoms with Crippen molar-refractivity contribution in [2.24, 2.45) is 5.92 Å². The van der Waals surface area contributed by atoms with Crippen LogP contribution in [0.2, 0.25) is 0 Å². The third-order valence-electron chi connectivity index (χ3n) is 4.88. The van der Waals surface area contributed by atoms with E-state index in [1.165, 1.54) is 77.0 Å². The Morgan fingerprint density at radius 1 is 0.846 bits per heavy atom. The second-order valence-electron chi connectivity index (χ2n) is 7.29. The molecule has 1 atom stereocenters. The molecule has 0 aromatic carbocycles. The molecular formula is C22H40O4. The Kier molecular flexibility index (Phi) is 17.5. The number of carboxylic acid groups (broad SMARTS) is 1. The number of carbonyl (C=O) groups is 2. The molecule has 0 radical (unpaired) electrons. The van der Waals surface area contributed by atoms with Gasteiger partial charge < -0.3 is 9.84 Å². The maximum atomic E-state index is 11.7. The van der Waals surface area contributed by atoms with Gasteiger partial charge in [-0.05, 0) is 12.8 Å². The number of unbranched alkanes of at least 4 members (excludes halogenated alkanes) is 13. The summed E-state index contributed by atoms with van der Waals surface area (Å²) in [7, 11) is 0. The Balaban J connectivity index is 3.46. The molecule has 0 aromatic heterocycles. The molecule has 0 saturated carbocycles. The first-order valence-electron chi connectivity index (χ1n) is 10.7. The van der Waals surface area contributed by atoms with Gasteiger partial charge in [-0.2, -0.15) is 0 Å². The summed E-state index contributed by atoms with van der Waals surface area (Å²) >= 11 is 0. The lowest BCUT2D eigenvalue weighted by atomic mass is 9.97. The molecule has 0 aliphatic carbocycles. The van der Waals surface area contributed by atoms with Crippen molar-refractivity contribution in [1.29, 1.82) is 0 Å². The average molecular weight is 369 g/mol. The Morgan fingerprint density at radius 3 is 1.65 bits per heavy atom. The molecule has 0 spiro atoms. The van der Waals surface area contributed by atoms with E-state index in [0.29, 0.717) is 12.8 Å². The van der Waals surface area contributed by atoms with Crippen LogP contribution in [0.1, 0.15) is 110 Å². The summed E-state index contributed by atoms with van der Waals surface area (Å²) in [6.07, 6.45) is 19.4. The van der Waals surface area contributed by atoms with Crippen LogP contribution in [0.4, 0.5) is 4.79 Å². The highest BCUT2D eigenvalue weighted by Gasteiger charge is 2.20. The van der Waals surface area contributed by atoms with E-state index in [1.807, 2.05) is 0 Å². The van der Waals surface area contributed by atoms with E-state index in [0.717, 1.165) is 12.8 Å². The second kappa shape index (κ2) is 18.5. The predicted octanol–water partition coefficient (Wildman–Crippen LogP) is 7.27. The third kappa shape index (κ3) is 16.2. The normalized spacial score (nSPS) is 11.9. The fraction of sp³-hybridized carbons (Fsp3) is 0.818. The van der Waals surface area contributed by atoms with Gasteiger partial charge in [-0.25, -0.2) is 4.79 Å². The molecule has 0 aromatic rings. The van der Waals surface area contributed by atoms with Gasteiger partial charge in [0.05, 0.1) is 5.92 Å². The van der Waals surface area contributed by atoms with E-state index in [1.54, 1.807) is 6.08 Å². The lowest BCUT2D eigenvalue weighted by Crippen LogP contribution is -2.20. The van der Waals surface area contributed by atoms with Crippen LogP contribution in [0.3, 0.4) is 0 Å². The topological polar surface area (TPSA) is 63.6 Å². The highest BCUT2D eigenvalue weighted by molar-refractivity contribution is 5.82. The molecule has 1 N–H and O–H groups in total. The van der Waals surface area contributed by atoms with Crippen molar-refractivity contribution in [3.05, 3.63) is 12.7 Å². The SMILES string of the molecule is C=CCC(CCCCCCCCCCCCCCCC)C(=O)OC(=O)O. The van der Waals surface area contributed by atoms with Crippen molar-refractivity contribution in [1.82, 2.24) is 0 Å². The number of carbonyl (C=O) groups excluding carboxylic acids is 1. The minimum absolute atomic E-state index is 0.374. The van der Waals surface area contributed by atoms with Crippen molar-refractivity contribution in [2.75, 3.05) is 0 Å². The smallest absolute Gasteiger partial charge is 0.449 e. The molecule has 4 heteroatoms. The van der Waals surface area contributed by atoms with Crippen LogP contribution >= 0.6 is 0 Å². The number of esters is 1. The summed E-state index contributed by atoms with van der Waals surface area (Å²) in [4.78, 5) is 22.1. The van der Waals surface area contributed by atoms with Crippen LogP contribution in [0.5, 0.6) is 0 Å². The van der Waals surface area contributed by atoms with Gasteiger partial charge in [-0.3, -0.25) is 4.79 Å². The highest BCUT2D eigenvalue weighted by Crippen LogP contribution is 2.18. The van der Waals surface area contributed by atoms with Gasteiger partial charge in [-0.15, -0.1) is 6.58 Å². The fourth-order valence-electron chi connectivity index (χ4n) is 3.29. The third-order valence-corrected chi connectivity index (χ3v) is 4.88. The van der Waals surface area contributed by atoms with Crippen molar-refractivity contribution in [2.45, 2.75) is 110 Å². The van der Waals surface area contributed by atoms with E-state index < -0.39 is 12.1 Å². The zero-order valence-corrected chi connectivity index (χ0v) is 16.8. The molecule has 0 saturated heterocycles. The number of hydrogen-bond donors (Lipinski definition) is 1. The summed E-state index contributed by atoms with van der Waals surface area (Å²) in [5.41, 5.74) is 0. The van der Waals surface area contributed by atoms with E-state index in [4.69, 9.17) is 5.11 Å². The quantitative estimate of drug-likeness (QED) is 0.119. The molecule has 1 unspecified atom stereocenters. The van der Waals surface area contributed by atoms with Gasteiger partial charge in [0.2, 0.25) is 0 Å². The Morgan fingerprint density at radius 2 is 1.27 bits per heavy atom. The molecular weight excluding hydrogens is 328 g/mol. The molecule has 0 heterocycles. The zero-order valence-electron chi connectivity index (χ0n) is 16.8. The first kappa shape index (κ1) is 24.7. The number of ether oxygens (including phenoxy) is 1. The van der Waals surface area contributed by atoms with Crippen LogP contribution in [0, 0.1) is 5.92 Å². The van der Waals surface area contributed by atoms with Crippen LogP contribution < -0.4 is 0 Å². The monoisotopic (exact) mass is 368 g/mol. The molecule has 0 aliphatic rings. The first-order chi connectivity index (χ1) is 12.6. The van der Waals surface area contributed by atoms with Crippen molar-refractivity contribution in [3.8, 4) is 0 Å². The molecule has 0 bridgehead atoms. The molecule has 0 aliphatic heterocycles. The summed E-state index contributed by atoms with van der Waals surface area (Å²) in [6.45, 7) is 5.88.